The maximum Gasteiger partial charge on any atom is 0.267 e. The van der Waals surface area contributed by atoms with Gasteiger partial charge in [0, 0.05) is 18.6 Å². The molecule has 1 aliphatic heterocycles. The molecule has 0 fully saturated rings. The average Bonchev–Trinajstić information content (AvgIpc) is 2.77. The normalized spacial score (nSPS) is 15.6. The molecule has 4 heterocycles. The van der Waals surface area contributed by atoms with Gasteiger partial charge < -0.3 is 10.4 Å². The van der Waals surface area contributed by atoms with Crippen LogP contribution in [0.3, 0.4) is 0 Å². The van der Waals surface area contributed by atoms with Crippen LogP contribution in [-0.2, 0) is 6.54 Å². The van der Waals surface area contributed by atoms with Gasteiger partial charge in [-0.3, -0.25) is 23.5 Å². The number of benzene rings is 1. The molecule has 0 aliphatic carbocycles. The van der Waals surface area contributed by atoms with Crippen molar-refractivity contribution in [1.82, 2.24) is 14.5 Å². The van der Waals surface area contributed by atoms with E-state index in [1.165, 1.54) is 10.8 Å². The summed E-state index contributed by atoms with van der Waals surface area (Å²) < 4.78 is 26.5. The predicted molar refractivity (Wildman–Crippen MR) is 119 cm³/mol. The highest BCUT2D eigenvalue weighted by atomic mass is 32.3. The molecule has 1 aliphatic rings. The molecule has 3 aromatic heterocycles. The smallest absolute Gasteiger partial charge is 0.267 e. The zero-order valence-corrected chi connectivity index (χ0v) is 16.8. The van der Waals surface area contributed by atoms with Gasteiger partial charge in [-0.1, -0.05) is 22.9 Å². The second-order valence-electron chi connectivity index (χ2n) is 6.92. The first kappa shape index (κ1) is 19.2. The van der Waals surface area contributed by atoms with Crippen molar-refractivity contribution in [2.24, 2.45) is 4.40 Å². The van der Waals surface area contributed by atoms with E-state index in [-0.39, 0.29) is 28.6 Å². The number of hydrogen-bond acceptors (Lipinski definition) is 8. The number of rotatable bonds is 3. The summed E-state index contributed by atoms with van der Waals surface area (Å²) in [5.41, 5.74) is 0.784. The highest BCUT2D eigenvalue weighted by Gasteiger charge is 2.30. The highest BCUT2D eigenvalue weighted by molar-refractivity contribution is 8.23. The van der Waals surface area contributed by atoms with E-state index in [2.05, 4.69) is 19.7 Å². The first-order valence-electron chi connectivity index (χ1n) is 9.30. The van der Waals surface area contributed by atoms with Crippen LogP contribution < -0.4 is 10.9 Å². The molecule has 9 nitrogen and oxygen atoms in total. The molecule has 31 heavy (non-hydrogen) atoms. The number of aromatic nitrogens is 3. The third kappa shape index (κ3) is 3.22. The topological polar surface area (TPSA) is 133 Å². The lowest BCUT2D eigenvalue weighted by Gasteiger charge is -2.34. The summed E-state index contributed by atoms with van der Waals surface area (Å²) in [6.45, 7) is 0.183. The van der Waals surface area contributed by atoms with E-state index in [0.717, 1.165) is 5.56 Å². The Morgan fingerprint density at radius 1 is 1.00 bits per heavy atom. The zero-order chi connectivity index (χ0) is 21.6. The van der Waals surface area contributed by atoms with E-state index < -0.39 is 16.3 Å². The fourth-order valence-corrected chi connectivity index (χ4v) is 4.70. The Labute approximate surface area is 177 Å². The Kier molecular flexibility index (Phi) is 4.47. The number of pyridine rings is 3. The van der Waals surface area contributed by atoms with Gasteiger partial charge in [0.1, 0.15) is 21.9 Å². The lowest BCUT2D eigenvalue weighted by molar-refractivity contribution is 0.477. The molecule has 4 N–H and O–H groups in total. The van der Waals surface area contributed by atoms with Crippen LogP contribution in [0.5, 0.6) is 5.75 Å². The maximum atomic E-state index is 13.5. The second kappa shape index (κ2) is 7.20. The number of fused-ring (bicyclic) bond motifs is 2. The summed E-state index contributed by atoms with van der Waals surface area (Å²) in [5, 5.41) is 14.2. The molecule has 0 radical (unpaired) electrons. The van der Waals surface area contributed by atoms with Gasteiger partial charge in [-0.2, -0.15) is 0 Å². The minimum atomic E-state index is -3.56. The average molecular weight is 435 g/mol. The van der Waals surface area contributed by atoms with Crippen molar-refractivity contribution in [3.05, 3.63) is 88.6 Å². The summed E-state index contributed by atoms with van der Waals surface area (Å²) >= 11 is 0. The largest absolute Gasteiger partial charge is 0.506 e. The van der Waals surface area contributed by atoms with Gasteiger partial charge in [0.15, 0.2) is 5.84 Å². The summed E-state index contributed by atoms with van der Waals surface area (Å²) in [4.78, 5) is 22.0. The molecule has 4 aromatic rings. The SMILES string of the molecule is O=c1c(C2=NS(O)(O)c3ccccc3N2)c(O)c2cccnc2n1Cc1ccncc1. The van der Waals surface area contributed by atoms with Crippen LogP contribution in [0.2, 0.25) is 0 Å². The maximum absolute atomic E-state index is 13.5. The minimum absolute atomic E-state index is 0.115. The van der Waals surface area contributed by atoms with Crippen molar-refractivity contribution in [2.75, 3.05) is 5.32 Å². The Morgan fingerprint density at radius 3 is 2.58 bits per heavy atom. The molecule has 0 unspecified atom stereocenters. The molecule has 10 heteroatoms. The van der Waals surface area contributed by atoms with Gasteiger partial charge in [0.2, 0.25) is 0 Å². The number of nitrogens with zero attached hydrogens (tertiary/aromatic N) is 4. The quantitative estimate of drug-likeness (QED) is 0.387. The van der Waals surface area contributed by atoms with Crippen LogP contribution in [0.4, 0.5) is 5.69 Å². The predicted octanol–water partition coefficient (Wildman–Crippen LogP) is 3.44. The Hall–Kier alpha value is -3.73. The first-order chi connectivity index (χ1) is 15.0. The molecule has 0 saturated heterocycles. The summed E-state index contributed by atoms with van der Waals surface area (Å²) in [7, 11) is -3.56. The highest BCUT2D eigenvalue weighted by Crippen LogP contribution is 2.55. The molecular formula is C21H17N5O4S. The van der Waals surface area contributed by atoms with Crippen LogP contribution in [0.25, 0.3) is 11.0 Å². The molecule has 0 amide bonds. The van der Waals surface area contributed by atoms with Crippen LogP contribution >= 0.6 is 10.8 Å². The number of para-hydroxylation sites is 1. The number of amidine groups is 1. The van der Waals surface area contributed by atoms with Crippen molar-refractivity contribution in [3.8, 4) is 5.75 Å². The fraction of sp³-hybridized carbons (Fsp3) is 0.0476. The van der Waals surface area contributed by atoms with Crippen molar-refractivity contribution in [1.29, 1.82) is 0 Å². The second-order valence-corrected chi connectivity index (χ2v) is 8.58. The molecule has 0 saturated carbocycles. The molecule has 156 valence electrons. The monoisotopic (exact) mass is 435 g/mol. The Balaban J connectivity index is 1.75. The lowest BCUT2D eigenvalue weighted by atomic mass is 10.1. The third-order valence-electron chi connectivity index (χ3n) is 4.97. The molecule has 0 atom stereocenters. The van der Waals surface area contributed by atoms with Crippen LogP contribution in [-0.4, -0.2) is 34.6 Å². The molecular weight excluding hydrogens is 418 g/mol. The van der Waals surface area contributed by atoms with Gasteiger partial charge in [0.25, 0.3) is 5.56 Å². The Bertz CT molecular complexity index is 1400. The van der Waals surface area contributed by atoms with Crippen molar-refractivity contribution >= 4 is 33.3 Å². The van der Waals surface area contributed by atoms with Gasteiger partial charge in [-0.05, 0) is 42.0 Å². The van der Waals surface area contributed by atoms with Crippen LogP contribution in [0.1, 0.15) is 11.1 Å². The molecule has 0 spiro atoms. The standard InChI is InChI=1S/C21H17N5O4S/c27-18-14-4-3-9-23-20(14)26(12-13-7-10-22-11-8-13)21(28)17(18)19-24-15-5-1-2-6-16(15)31(29,30)25-19/h1-11,27,29-30H,12H2,(H,24,25). The molecule has 1 aromatic carbocycles. The number of aromatic hydroxyl groups is 1. The van der Waals surface area contributed by atoms with Crippen molar-refractivity contribution < 1.29 is 14.2 Å². The van der Waals surface area contributed by atoms with Crippen LogP contribution in [0.15, 0.2) is 81.2 Å². The number of nitrogens with one attached hydrogen (secondary N) is 1. The fourth-order valence-electron chi connectivity index (χ4n) is 3.54. The van der Waals surface area contributed by atoms with E-state index in [0.29, 0.717) is 16.7 Å². The minimum Gasteiger partial charge on any atom is -0.506 e. The van der Waals surface area contributed by atoms with Gasteiger partial charge in [-0.25, -0.2) is 4.98 Å². The third-order valence-corrected chi connectivity index (χ3v) is 6.36. The van der Waals surface area contributed by atoms with Gasteiger partial charge in [0.05, 0.1) is 17.6 Å². The number of hydrogen-bond donors (Lipinski definition) is 4. The van der Waals surface area contributed by atoms with Gasteiger partial charge in [-0.15, -0.1) is 4.40 Å². The lowest BCUT2D eigenvalue weighted by Crippen LogP contribution is -2.32. The van der Waals surface area contributed by atoms with E-state index in [4.69, 9.17) is 0 Å². The van der Waals surface area contributed by atoms with E-state index >= 15 is 0 Å². The van der Waals surface area contributed by atoms with Crippen molar-refractivity contribution in [2.45, 2.75) is 11.4 Å². The Morgan fingerprint density at radius 2 is 1.77 bits per heavy atom. The first-order valence-corrected chi connectivity index (χ1v) is 10.8. The van der Waals surface area contributed by atoms with Crippen LogP contribution in [0, 0.1) is 0 Å². The summed E-state index contributed by atoms with van der Waals surface area (Å²) in [6, 6.07) is 13.4. The van der Waals surface area contributed by atoms with Crippen molar-refractivity contribution in [3.63, 3.8) is 0 Å². The summed E-state index contributed by atoms with van der Waals surface area (Å²) in [5.74, 6) is -0.449. The summed E-state index contributed by atoms with van der Waals surface area (Å²) in [6.07, 6.45) is 4.78. The van der Waals surface area contributed by atoms with E-state index in [1.807, 2.05) is 0 Å². The van der Waals surface area contributed by atoms with E-state index in [1.54, 1.807) is 60.9 Å². The van der Waals surface area contributed by atoms with E-state index in [9.17, 15) is 19.0 Å². The molecule has 0 bridgehead atoms. The molecule has 5 rings (SSSR count). The zero-order valence-electron chi connectivity index (χ0n) is 16.0. The van der Waals surface area contributed by atoms with Gasteiger partial charge >= 0.3 is 0 Å². The number of anilines is 1.